The van der Waals surface area contributed by atoms with Crippen LogP contribution in [0.1, 0.15) is 58.1 Å². The molecule has 0 amide bonds. The van der Waals surface area contributed by atoms with Gasteiger partial charge in [-0.2, -0.15) is 0 Å². The van der Waals surface area contributed by atoms with E-state index < -0.39 is 29.3 Å². The van der Waals surface area contributed by atoms with E-state index in [0.717, 1.165) is 11.1 Å². The first-order chi connectivity index (χ1) is 13.5. The highest BCUT2D eigenvalue weighted by atomic mass is 19.1. The van der Waals surface area contributed by atoms with Crippen LogP contribution in [0.4, 0.5) is 8.78 Å². The molecule has 0 spiro atoms. The molecule has 0 N–H and O–H groups in total. The van der Waals surface area contributed by atoms with Crippen molar-refractivity contribution in [1.82, 2.24) is 0 Å². The second kappa shape index (κ2) is 9.29. The van der Waals surface area contributed by atoms with E-state index >= 15 is 0 Å². The second-order valence-electron chi connectivity index (χ2n) is 8.50. The number of benzene rings is 2. The summed E-state index contributed by atoms with van der Waals surface area (Å²) in [5.74, 6) is -2.19. The molecule has 0 saturated carbocycles. The van der Waals surface area contributed by atoms with Crippen LogP contribution in [0, 0.1) is 23.0 Å². The van der Waals surface area contributed by atoms with E-state index in [-0.39, 0.29) is 23.8 Å². The minimum Gasteiger partial charge on any atom is -0.461 e. The summed E-state index contributed by atoms with van der Waals surface area (Å²) in [6.07, 6.45) is -0.488. The van der Waals surface area contributed by atoms with Gasteiger partial charge >= 0.3 is 5.97 Å². The molecule has 0 aromatic heterocycles. The molecule has 156 valence electrons. The number of carbonyl (C=O) groups excluding carboxylic acids is 2. The Morgan fingerprint density at radius 2 is 1.28 bits per heavy atom. The van der Waals surface area contributed by atoms with Gasteiger partial charge < -0.3 is 4.74 Å². The first-order valence-corrected chi connectivity index (χ1v) is 9.73. The highest BCUT2D eigenvalue weighted by molar-refractivity contribution is 5.87. The number of rotatable bonds is 7. The first-order valence-electron chi connectivity index (χ1n) is 9.73. The van der Waals surface area contributed by atoms with Crippen LogP contribution in [0.5, 0.6) is 0 Å². The number of carbonyl (C=O) groups is 2. The topological polar surface area (TPSA) is 43.4 Å². The fraction of sp³-hybridized carbons (Fsp3) is 0.417. The fourth-order valence-electron chi connectivity index (χ4n) is 3.11. The van der Waals surface area contributed by atoms with Gasteiger partial charge in [-0.05, 0) is 42.3 Å². The summed E-state index contributed by atoms with van der Waals surface area (Å²) < 4.78 is 32.4. The lowest BCUT2D eigenvalue weighted by Gasteiger charge is -2.27. The molecule has 2 atom stereocenters. The van der Waals surface area contributed by atoms with Crippen LogP contribution >= 0.6 is 0 Å². The van der Waals surface area contributed by atoms with Gasteiger partial charge in [0.05, 0.1) is 5.92 Å². The first kappa shape index (κ1) is 22.7. The number of Topliss-reactive ketones (excluding diaryl/α,β-unsaturated/α-hetero) is 1. The monoisotopic (exact) mass is 402 g/mol. The van der Waals surface area contributed by atoms with Crippen molar-refractivity contribution in [2.75, 3.05) is 0 Å². The number of hydrogen-bond acceptors (Lipinski definition) is 3. The predicted molar refractivity (Wildman–Crippen MR) is 108 cm³/mol. The molecule has 0 bridgehead atoms. The molecule has 0 aliphatic rings. The van der Waals surface area contributed by atoms with Crippen LogP contribution in [0.2, 0.25) is 0 Å². The summed E-state index contributed by atoms with van der Waals surface area (Å²) >= 11 is 0. The second-order valence-corrected chi connectivity index (χ2v) is 8.50. The van der Waals surface area contributed by atoms with Crippen LogP contribution in [-0.2, 0) is 14.3 Å². The largest absolute Gasteiger partial charge is 0.461 e. The Labute approximate surface area is 171 Å². The maximum atomic E-state index is 13.4. The molecule has 2 aromatic rings. The van der Waals surface area contributed by atoms with Gasteiger partial charge in [0.1, 0.15) is 23.5 Å². The molecule has 0 heterocycles. The Bertz CT molecular complexity index is 790. The summed E-state index contributed by atoms with van der Waals surface area (Å²) in [6, 6.07) is 11.9. The van der Waals surface area contributed by atoms with Crippen LogP contribution in [-0.4, -0.2) is 17.9 Å². The van der Waals surface area contributed by atoms with Gasteiger partial charge in [-0.3, -0.25) is 9.59 Å². The molecule has 0 aliphatic carbocycles. The standard InChI is InChI=1S/C24H28F2O3/c1-15(14-21(27)24(3,4)5)23(28)29-16(2)22(17-6-10-19(25)11-7-17)18-8-12-20(26)13-9-18/h6-13,15-16,22H,14H2,1-5H3/t15-,16-/m0/s1. The SMILES string of the molecule is C[C@H](OC(=O)[C@@H](C)CC(=O)C(C)(C)C)C(c1ccc(F)cc1)c1ccc(F)cc1. The minimum atomic E-state index is -0.592. The van der Waals surface area contributed by atoms with Crippen molar-refractivity contribution < 1.29 is 23.1 Å². The Kier molecular flexibility index (Phi) is 7.28. The average Bonchev–Trinajstić information content (AvgIpc) is 2.64. The van der Waals surface area contributed by atoms with Crippen LogP contribution in [0.15, 0.2) is 48.5 Å². The summed E-state index contributed by atoms with van der Waals surface area (Å²) in [5, 5.41) is 0. The Morgan fingerprint density at radius 1 is 0.862 bits per heavy atom. The van der Waals surface area contributed by atoms with Crippen molar-refractivity contribution in [3.63, 3.8) is 0 Å². The third kappa shape index (κ3) is 6.21. The van der Waals surface area contributed by atoms with E-state index in [4.69, 9.17) is 4.74 Å². The zero-order chi connectivity index (χ0) is 21.8. The molecule has 0 unspecified atom stereocenters. The van der Waals surface area contributed by atoms with E-state index in [1.54, 1.807) is 38.1 Å². The number of halogens is 2. The third-order valence-corrected chi connectivity index (χ3v) is 4.96. The molecule has 0 radical (unpaired) electrons. The van der Waals surface area contributed by atoms with Gasteiger partial charge in [0.15, 0.2) is 0 Å². The molecule has 5 heteroatoms. The highest BCUT2D eigenvalue weighted by Gasteiger charge is 2.30. The molecule has 0 fully saturated rings. The number of ketones is 1. The molecule has 0 saturated heterocycles. The number of hydrogen-bond donors (Lipinski definition) is 0. The van der Waals surface area contributed by atoms with Gasteiger partial charge in [-0.1, -0.05) is 52.0 Å². The van der Waals surface area contributed by atoms with E-state index in [9.17, 15) is 18.4 Å². The van der Waals surface area contributed by atoms with Crippen molar-refractivity contribution in [1.29, 1.82) is 0 Å². The minimum absolute atomic E-state index is 0.0109. The zero-order valence-corrected chi connectivity index (χ0v) is 17.5. The molecule has 2 rings (SSSR count). The highest BCUT2D eigenvalue weighted by Crippen LogP contribution is 2.31. The van der Waals surface area contributed by atoms with Gasteiger partial charge in [0, 0.05) is 17.8 Å². The van der Waals surface area contributed by atoms with Crippen LogP contribution < -0.4 is 0 Å². The van der Waals surface area contributed by atoms with Crippen molar-refractivity contribution in [3.05, 3.63) is 71.3 Å². The normalized spacial score (nSPS) is 13.8. The maximum Gasteiger partial charge on any atom is 0.309 e. The lowest BCUT2D eigenvalue weighted by Crippen LogP contribution is -2.30. The quantitative estimate of drug-likeness (QED) is 0.561. The van der Waals surface area contributed by atoms with E-state index in [1.807, 2.05) is 20.8 Å². The Morgan fingerprint density at radius 3 is 1.66 bits per heavy atom. The summed E-state index contributed by atoms with van der Waals surface area (Å²) in [7, 11) is 0. The Balaban J connectivity index is 2.22. The van der Waals surface area contributed by atoms with Crippen molar-refractivity contribution >= 4 is 11.8 Å². The smallest absolute Gasteiger partial charge is 0.309 e. The van der Waals surface area contributed by atoms with Crippen LogP contribution in [0.25, 0.3) is 0 Å². The van der Waals surface area contributed by atoms with E-state index in [0.29, 0.717) is 0 Å². The zero-order valence-electron chi connectivity index (χ0n) is 17.5. The van der Waals surface area contributed by atoms with Gasteiger partial charge in [0.25, 0.3) is 0 Å². The lowest BCUT2D eigenvalue weighted by atomic mass is 9.85. The van der Waals surface area contributed by atoms with E-state index in [1.165, 1.54) is 24.3 Å². The fourth-order valence-corrected chi connectivity index (χ4v) is 3.11. The third-order valence-electron chi connectivity index (χ3n) is 4.96. The van der Waals surface area contributed by atoms with Crippen LogP contribution in [0.3, 0.4) is 0 Å². The predicted octanol–water partition coefficient (Wildman–Crippen LogP) is 5.67. The maximum absolute atomic E-state index is 13.4. The van der Waals surface area contributed by atoms with Gasteiger partial charge in [0.2, 0.25) is 0 Å². The Hall–Kier alpha value is -2.56. The molecular formula is C24H28F2O3. The summed E-state index contributed by atoms with van der Waals surface area (Å²) in [4.78, 5) is 24.8. The van der Waals surface area contributed by atoms with Crippen molar-refractivity contribution in [2.24, 2.45) is 11.3 Å². The summed E-state index contributed by atoms with van der Waals surface area (Å²) in [5.41, 5.74) is 0.971. The van der Waals surface area contributed by atoms with Crippen molar-refractivity contribution in [2.45, 2.75) is 53.1 Å². The number of ether oxygens (including phenoxy) is 1. The molecular weight excluding hydrogens is 374 g/mol. The number of esters is 1. The van der Waals surface area contributed by atoms with E-state index in [2.05, 4.69) is 0 Å². The molecule has 2 aromatic carbocycles. The molecule has 29 heavy (non-hydrogen) atoms. The summed E-state index contributed by atoms with van der Waals surface area (Å²) in [6.45, 7) is 8.86. The van der Waals surface area contributed by atoms with Gasteiger partial charge in [-0.15, -0.1) is 0 Å². The van der Waals surface area contributed by atoms with Crippen molar-refractivity contribution in [3.8, 4) is 0 Å². The van der Waals surface area contributed by atoms with Gasteiger partial charge in [-0.25, -0.2) is 8.78 Å². The molecule has 0 aliphatic heterocycles. The average molecular weight is 402 g/mol. The lowest BCUT2D eigenvalue weighted by molar-refractivity contribution is -0.155. The molecule has 3 nitrogen and oxygen atoms in total.